The van der Waals surface area contributed by atoms with Crippen molar-refractivity contribution in [3.8, 4) is 0 Å². The fourth-order valence-corrected chi connectivity index (χ4v) is 2.58. The second-order valence-electron chi connectivity index (χ2n) is 5.60. The number of rotatable bonds is 1. The maximum atomic E-state index is 13.3. The molecule has 141 valence electrons. The van der Waals surface area contributed by atoms with Gasteiger partial charge in [0.25, 0.3) is 0 Å². The van der Waals surface area contributed by atoms with Crippen molar-refractivity contribution in [2.24, 2.45) is 0 Å². The Labute approximate surface area is 151 Å². The molecular weight excluding hydrogens is 368 g/mol. The lowest BCUT2D eigenvalue weighted by molar-refractivity contribution is -0.139. The molecule has 0 saturated carbocycles. The molecule has 2 aromatic carbocycles. The lowest BCUT2D eigenvalue weighted by Crippen LogP contribution is -2.48. The zero-order chi connectivity index (χ0) is 19.6. The van der Waals surface area contributed by atoms with Gasteiger partial charge in [0.2, 0.25) is 0 Å². The average molecular weight is 381 g/mol. The van der Waals surface area contributed by atoms with Crippen LogP contribution in [-0.4, -0.2) is 25.2 Å². The highest BCUT2D eigenvalue weighted by Gasteiger charge is 2.34. The van der Waals surface area contributed by atoms with E-state index in [9.17, 15) is 27.2 Å². The van der Waals surface area contributed by atoms with Crippen LogP contribution in [0.15, 0.2) is 36.4 Å². The molecule has 0 aromatic heterocycles. The second-order valence-corrected chi connectivity index (χ2v) is 5.60. The quantitative estimate of drug-likeness (QED) is 0.658. The summed E-state index contributed by atoms with van der Waals surface area (Å²) in [4.78, 5) is 25.6. The molecule has 1 aliphatic rings. The minimum Gasteiger partial charge on any atom is -0.382 e. The van der Waals surface area contributed by atoms with E-state index in [1.165, 1.54) is 4.90 Å². The van der Waals surface area contributed by atoms with Crippen LogP contribution in [-0.2, 0) is 6.18 Å². The normalized spacial score (nSPS) is 13.4. The second kappa shape index (κ2) is 7.14. The first-order valence-electron chi connectivity index (χ1n) is 7.76. The van der Waals surface area contributed by atoms with Crippen molar-refractivity contribution < 1.29 is 27.2 Å². The molecule has 3 N–H and O–H groups in total. The first-order chi connectivity index (χ1) is 12.8. The molecule has 2 aromatic rings. The monoisotopic (exact) mass is 381 g/mol. The number of fused-ring (bicyclic) bond motifs is 1. The smallest absolute Gasteiger partial charge is 0.382 e. The number of imide groups is 1. The summed E-state index contributed by atoms with van der Waals surface area (Å²) in [5.74, 6) is -1.46. The molecule has 1 aliphatic heterocycles. The van der Waals surface area contributed by atoms with E-state index in [2.05, 4.69) is 16.7 Å². The number of hydrogen-bond acceptors (Lipinski definition) is 3. The molecule has 0 aliphatic carbocycles. The summed E-state index contributed by atoms with van der Waals surface area (Å²) in [6.07, 6.45) is -4.91. The Kier molecular flexibility index (Phi) is 4.89. The molecule has 0 saturated heterocycles. The van der Waals surface area contributed by atoms with Gasteiger partial charge in [-0.1, -0.05) is 6.07 Å². The molecule has 3 rings (SSSR count). The molecule has 1 radical (unpaired) electrons. The van der Waals surface area contributed by atoms with Gasteiger partial charge < -0.3 is 10.6 Å². The Morgan fingerprint density at radius 1 is 1.22 bits per heavy atom. The molecule has 0 fully saturated rings. The molecule has 0 atom stereocenters. The van der Waals surface area contributed by atoms with E-state index in [-0.39, 0.29) is 12.2 Å². The van der Waals surface area contributed by atoms with Crippen molar-refractivity contribution in [1.29, 1.82) is 0 Å². The topological polar surface area (TPSA) is 73.5 Å². The van der Waals surface area contributed by atoms with Crippen LogP contribution < -0.4 is 20.9 Å². The number of nitrogens with one attached hydrogen (secondary N) is 3. The summed E-state index contributed by atoms with van der Waals surface area (Å²) in [6, 6.07) is 7.94. The molecule has 0 unspecified atom stereocenters. The lowest BCUT2D eigenvalue weighted by Gasteiger charge is -2.29. The summed E-state index contributed by atoms with van der Waals surface area (Å²) in [5, 5.41) is 7.20. The molecule has 4 amide bonds. The van der Waals surface area contributed by atoms with Crippen molar-refractivity contribution in [3.05, 3.63) is 53.8 Å². The van der Waals surface area contributed by atoms with Crippen LogP contribution in [0.2, 0.25) is 0 Å². The third-order valence-electron chi connectivity index (χ3n) is 3.78. The van der Waals surface area contributed by atoms with Crippen molar-refractivity contribution in [2.45, 2.75) is 6.18 Å². The summed E-state index contributed by atoms with van der Waals surface area (Å²) >= 11 is 0. The number of urea groups is 2. The fraction of sp³-hybridized carbons (Fsp3) is 0.176. The fourth-order valence-electron chi connectivity index (χ4n) is 2.58. The molecule has 27 heavy (non-hydrogen) atoms. The molecular formula is C17H13F4N4O2. The number of anilines is 3. The summed E-state index contributed by atoms with van der Waals surface area (Å²) in [7, 11) is 0. The zero-order valence-corrected chi connectivity index (χ0v) is 13.7. The average Bonchev–Trinajstić information content (AvgIpc) is 2.61. The minimum absolute atomic E-state index is 0.283. The highest BCUT2D eigenvalue weighted by molar-refractivity contribution is 6.07. The summed E-state index contributed by atoms with van der Waals surface area (Å²) < 4.78 is 51.4. The van der Waals surface area contributed by atoms with Crippen LogP contribution in [0.25, 0.3) is 0 Å². The van der Waals surface area contributed by atoms with E-state index in [1.54, 1.807) is 18.2 Å². The van der Waals surface area contributed by atoms with Gasteiger partial charge in [0, 0.05) is 18.8 Å². The van der Waals surface area contributed by atoms with Crippen molar-refractivity contribution in [3.63, 3.8) is 0 Å². The van der Waals surface area contributed by atoms with Gasteiger partial charge >= 0.3 is 18.2 Å². The number of carbonyl (C=O) groups excluding carboxylic acids is 2. The van der Waals surface area contributed by atoms with E-state index < -0.39 is 29.6 Å². The number of amides is 4. The van der Waals surface area contributed by atoms with E-state index in [0.717, 1.165) is 6.07 Å². The van der Waals surface area contributed by atoms with Crippen LogP contribution in [0.5, 0.6) is 0 Å². The van der Waals surface area contributed by atoms with Crippen LogP contribution in [0.1, 0.15) is 5.56 Å². The Morgan fingerprint density at radius 3 is 2.74 bits per heavy atom. The highest BCUT2D eigenvalue weighted by atomic mass is 19.4. The predicted octanol–water partition coefficient (Wildman–Crippen LogP) is 3.82. The number of alkyl halides is 3. The summed E-state index contributed by atoms with van der Waals surface area (Å²) in [6.45, 7) is 0.734. The summed E-state index contributed by atoms with van der Waals surface area (Å²) in [5.41, 5.74) is -0.623. The van der Waals surface area contributed by atoms with Gasteiger partial charge in [0.05, 0.1) is 16.9 Å². The lowest BCUT2D eigenvalue weighted by atomic mass is 10.2. The van der Waals surface area contributed by atoms with E-state index >= 15 is 0 Å². The number of carbonyl (C=O) groups is 2. The van der Waals surface area contributed by atoms with Crippen LogP contribution in [0, 0.1) is 11.9 Å². The van der Waals surface area contributed by atoms with E-state index in [1.807, 2.05) is 5.32 Å². The molecule has 1 heterocycles. The maximum absolute atomic E-state index is 13.3. The number of hydrogen-bond donors (Lipinski definition) is 3. The first kappa shape index (κ1) is 18.5. The van der Waals surface area contributed by atoms with Gasteiger partial charge in [-0.25, -0.2) is 14.0 Å². The van der Waals surface area contributed by atoms with Crippen molar-refractivity contribution in [1.82, 2.24) is 5.32 Å². The number of nitrogens with zero attached hydrogens (tertiary/aromatic N) is 1. The number of benzene rings is 2. The molecule has 10 heteroatoms. The Balaban J connectivity index is 1.69. The molecule has 6 nitrogen and oxygen atoms in total. The minimum atomic E-state index is -4.91. The van der Waals surface area contributed by atoms with Gasteiger partial charge in [0.15, 0.2) is 0 Å². The van der Waals surface area contributed by atoms with E-state index in [4.69, 9.17) is 0 Å². The third-order valence-corrected chi connectivity index (χ3v) is 3.78. The van der Waals surface area contributed by atoms with Crippen LogP contribution in [0.3, 0.4) is 0 Å². The van der Waals surface area contributed by atoms with Crippen molar-refractivity contribution in [2.75, 3.05) is 28.6 Å². The van der Waals surface area contributed by atoms with Gasteiger partial charge in [0.1, 0.15) is 5.82 Å². The Morgan fingerprint density at radius 2 is 2.00 bits per heavy atom. The predicted molar refractivity (Wildman–Crippen MR) is 90.1 cm³/mol. The van der Waals surface area contributed by atoms with Crippen molar-refractivity contribution >= 4 is 29.1 Å². The first-order valence-corrected chi connectivity index (χ1v) is 7.76. The largest absolute Gasteiger partial charge is 0.419 e. The van der Waals surface area contributed by atoms with E-state index in [0.29, 0.717) is 30.1 Å². The Bertz CT molecular complexity index is 885. The third kappa shape index (κ3) is 4.10. The van der Waals surface area contributed by atoms with Gasteiger partial charge in [-0.05, 0) is 36.4 Å². The highest BCUT2D eigenvalue weighted by Crippen LogP contribution is 2.33. The maximum Gasteiger partial charge on any atom is 0.419 e. The van der Waals surface area contributed by atoms with Gasteiger partial charge in [-0.3, -0.25) is 10.2 Å². The van der Waals surface area contributed by atoms with Gasteiger partial charge in [-0.2, -0.15) is 13.2 Å². The van der Waals surface area contributed by atoms with Crippen LogP contribution in [0.4, 0.5) is 44.2 Å². The number of halogens is 4. The molecule has 0 bridgehead atoms. The van der Waals surface area contributed by atoms with Gasteiger partial charge in [-0.15, -0.1) is 0 Å². The standard InChI is InChI=1S/C17H13F4N4O2/c18-12-6-5-10(9-11(12)17(19,20)21)23-15(26)24-16(27)25-8-7-22-13-3-1-2-4-14(13)25/h2-6,9,22H,7-8H2,(H2,23,24,26,27). The SMILES string of the molecule is O=C(NC(=O)N1CCNc2c[c]ccc21)Nc1ccc(F)c(C(F)(F)F)c1. The van der Waals surface area contributed by atoms with Crippen LogP contribution >= 0.6 is 0 Å². The zero-order valence-electron chi connectivity index (χ0n) is 13.7. The molecule has 0 spiro atoms. The Hall–Kier alpha value is -3.30.